The van der Waals surface area contributed by atoms with Crippen LogP contribution in [0.25, 0.3) is 0 Å². The molecule has 0 aliphatic carbocycles. The van der Waals surface area contributed by atoms with E-state index in [0.717, 1.165) is 32.0 Å². The first-order valence-corrected chi connectivity index (χ1v) is 6.43. The Bertz CT molecular complexity index is 406. The molecule has 4 nitrogen and oxygen atoms in total. The minimum atomic E-state index is 0.541. The molecule has 98 valence electrons. The Morgan fingerprint density at radius 2 is 1.83 bits per heavy atom. The summed E-state index contributed by atoms with van der Waals surface area (Å²) in [4.78, 5) is 6.50. The zero-order valence-corrected chi connectivity index (χ0v) is 11.1. The molecule has 0 amide bonds. The maximum absolute atomic E-state index is 6.00. The topological polar surface area (TPSA) is 50.8 Å². The van der Waals surface area contributed by atoms with E-state index in [1.807, 2.05) is 12.1 Å². The fourth-order valence-corrected chi connectivity index (χ4v) is 1.93. The maximum Gasteiger partial charge on any atom is 0.196 e. The third kappa shape index (κ3) is 3.23. The summed E-state index contributed by atoms with van der Waals surface area (Å²) in [6, 6.07) is 8.25. The molecular weight excluding hydrogens is 226 g/mol. The fraction of sp³-hybridized carbons (Fsp3) is 0.500. The number of ether oxygens (including phenoxy) is 1. The Hall–Kier alpha value is -1.55. The Balaban J connectivity index is 2.06. The smallest absolute Gasteiger partial charge is 0.196 e. The minimum absolute atomic E-state index is 0.541. The quantitative estimate of drug-likeness (QED) is 0.643. The molecule has 1 heterocycles. The third-order valence-corrected chi connectivity index (χ3v) is 3.14. The molecule has 0 aromatic heterocycles. The van der Waals surface area contributed by atoms with Gasteiger partial charge < -0.3 is 15.4 Å². The Morgan fingerprint density at radius 1 is 1.22 bits per heavy atom. The van der Waals surface area contributed by atoms with Gasteiger partial charge in [-0.3, -0.25) is 0 Å². The van der Waals surface area contributed by atoms with Crippen molar-refractivity contribution in [2.75, 3.05) is 26.3 Å². The predicted molar refractivity (Wildman–Crippen MR) is 74.2 cm³/mol. The maximum atomic E-state index is 6.00. The standard InChI is InChI=1S/C14H21N3O/c1-11(2)12-3-5-13(6-4-12)16-14(15)17-7-9-18-10-8-17/h3-6,11H,7-10H2,1-2H3,(H2,15,16). The summed E-state index contributed by atoms with van der Waals surface area (Å²) in [6.07, 6.45) is 0. The minimum Gasteiger partial charge on any atom is -0.378 e. The van der Waals surface area contributed by atoms with Gasteiger partial charge in [0.05, 0.1) is 18.9 Å². The van der Waals surface area contributed by atoms with Crippen molar-refractivity contribution in [1.82, 2.24) is 4.90 Å². The second-order valence-electron chi connectivity index (χ2n) is 4.82. The van der Waals surface area contributed by atoms with Gasteiger partial charge in [-0.05, 0) is 23.6 Å². The number of hydrogen-bond acceptors (Lipinski definition) is 2. The molecule has 1 aromatic rings. The lowest BCUT2D eigenvalue weighted by Crippen LogP contribution is -2.44. The van der Waals surface area contributed by atoms with Crippen molar-refractivity contribution in [3.8, 4) is 0 Å². The van der Waals surface area contributed by atoms with Gasteiger partial charge in [0.1, 0.15) is 0 Å². The molecule has 1 aromatic carbocycles. The van der Waals surface area contributed by atoms with E-state index in [1.54, 1.807) is 0 Å². The van der Waals surface area contributed by atoms with Gasteiger partial charge in [0.2, 0.25) is 0 Å². The van der Waals surface area contributed by atoms with Gasteiger partial charge in [0.15, 0.2) is 5.96 Å². The normalized spacial score (nSPS) is 17.3. The first-order chi connectivity index (χ1) is 8.66. The van der Waals surface area contributed by atoms with Crippen LogP contribution in [-0.2, 0) is 4.74 Å². The number of nitrogens with zero attached hydrogens (tertiary/aromatic N) is 2. The lowest BCUT2D eigenvalue weighted by atomic mass is 10.0. The average molecular weight is 247 g/mol. The van der Waals surface area contributed by atoms with E-state index in [0.29, 0.717) is 11.9 Å². The van der Waals surface area contributed by atoms with Crippen molar-refractivity contribution < 1.29 is 4.74 Å². The number of guanidine groups is 1. The van der Waals surface area contributed by atoms with Crippen LogP contribution in [0.1, 0.15) is 25.3 Å². The van der Waals surface area contributed by atoms with Crippen LogP contribution in [-0.4, -0.2) is 37.2 Å². The molecule has 2 N–H and O–H groups in total. The number of benzene rings is 1. The first kappa shape index (κ1) is 12.9. The van der Waals surface area contributed by atoms with Crippen molar-refractivity contribution in [3.05, 3.63) is 29.8 Å². The molecule has 0 unspecified atom stereocenters. The zero-order chi connectivity index (χ0) is 13.0. The van der Waals surface area contributed by atoms with E-state index in [4.69, 9.17) is 10.5 Å². The average Bonchev–Trinajstić information content (AvgIpc) is 2.40. The summed E-state index contributed by atoms with van der Waals surface area (Å²) in [6.45, 7) is 7.45. The molecule has 1 aliphatic rings. The first-order valence-electron chi connectivity index (χ1n) is 6.43. The summed E-state index contributed by atoms with van der Waals surface area (Å²) < 4.78 is 5.29. The van der Waals surface area contributed by atoms with Crippen molar-refractivity contribution in [2.24, 2.45) is 10.7 Å². The fourth-order valence-electron chi connectivity index (χ4n) is 1.93. The lowest BCUT2D eigenvalue weighted by Gasteiger charge is -2.27. The molecule has 0 bridgehead atoms. The van der Waals surface area contributed by atoms with E-state index >= 15 is 0 Å². The Morgan fingerprint density at radius 3 is 2.39 bits per heavy atom. The number of hydrogen-bond donors (Lipinski definition) is 1. The van der Waals surface area contributed by atoms with Crippen LogP contribution in [0.5, 0.6) is 0 Å². The lowest BCUT2D eigenvalue weighted by molar-refractivity contribution is 0.0675. The van der Waals surface area contributed by atoms with E-state index < -0.39 is 0 Å². The van der Waals surface area contributed by atoms with Crippen molar-refractivity contribution >= 4 is 11.6 Å². The summed E-state index contributed by atoms with van der Waals surface area (Å²) in [5.41, 5.74) is 8.22. The van der Waals surface area contributed by atoms with E-state index in [2.05, 4.69) is 35.9 Å². The van der Waals surface area contributed by atoms with Gasteiger partial charge in [-0.2, -0.15) is 0 Å². The molecule has 2 rings (SSSR count). The van der Waals surface area contributed by atoms with Crippen LogP contribution >= 0.6 is 0 Å². The molecule has 0 radical (unpaired) electrons. The van der Waals surface area contributed by atoms with Crippen molar-refractivity contribution in [3.63, 3.8) is 0 Å². The SMILES string of the molecule is CC(C)c1ccc(N=C(N)N2CCOCC2)cc1. The summed E-state index contributed by atoms with van der Waals surface area (Å²) in [7, 11) is 0. The van der Waals surface area contributed by atoms with Crippen LogP contribution in [0.15, 0.2) is 29.3 Å². The summed E-state index contributed by atoms with van der Waals surface area (Å²) in [5, 5.41) is 0. The number of morpholine rings is 1. The highest BCUT2D eigenvalue weighted by Gasteiger charge is 2.12. The zero-order valence-electron chi connectivity index (χ0n) is 11.1. The molecule has 0 saturated carbocycles. The van der Waals surface area contributed by atoms with Gasteiger partial charge in [-0.1, -0.05) is 26.0 Å². The van der Waals surface area contributed by atoms with Gasteiger partial charge in [-0.25, -0.2) is 4.99 Å². The predicted octanol–water partition coefficient (Wildman–Crippen LogP) is 2.09. The second-order valence-corrected chi connectivity index (χ2v) is 4.82. The van der Waals surface area contributed by atoms with Gasteiger partial charge in [-0.15, -0.1) is 0 Å². The van der Waals surface area contributed by atoms with E-state index in [-0.39, 0.29) is 0 Å². The Kier molecular flexibility index (Phi) is 4.20. The summed E-state index contributed by atoms with van der Waals surface area (Å²) >= 11 is 0. The molecule has 4 heteroatoms. The molecule has 0 atom stereocenters. The molecule has 1 saturated heterocycles. The molecular formula is C14H21N3O. The van der Waals surface area contributed by atoms with Crippen LogP contribution in [0.4, 0.5) is 5.69 Å². The number of aliphatic imine (C=N–C) groups is 1. The van der Waals surface area contributed by atoms with Crippen LogP contribution in [0.2, 0.25) is 0 Å². The number of nitrogens with two attached hydrogens (primary N) is 1. The van der Waals surface area contributed by atoms with Crippen molar-refractivity contribution in [1.29, 1.82) is 0 Å². The van der Waals surface area contributed by atoms with Crippen molar-refractivity contribution in [2.45, 2.75) is 19.8 Å². The Labute approximate surface area is 108 Å². The van der Waals surface area contributed by atoms with E-state index in [1.165, 1.54) is 5.56 Å². The molecule has 1 aliphatic heterocycles. The molecule has 0 spiro atoms. The van der Waals surface area contributed by atoms with E-state index in [9.17, 15) is 0 Å². The number of rotatable bonds is 2. The highest BCUT2D eigenvalue weighted by atomic mass is 16.5. The van der Waals surface area contributed by atoms with Gasteiger partial charge in [0, 0.05) is 13.1 Å². The highest BCUT2D eigenvalue weighted by Crippen LogP contribution is 2.19. The summed E-state index contributed by atoms with van der Waals surface area (Å²) in [5.74, 6) is 1.12. The molecule has 18 heavy (non-hydrogen) atoms. The highest BCUT2D eigenvalue weighted by molar-refractivity contribution is 5.81. The third-order valence-electron chi connectivity index (χ3n) is 3.14. The van der Waals surface area contributed by atoms with Crippen LogP contribution in [0.3, 0.4) is 0 Å². The molecule has 1 fully saturated rings. The monoisotopic (exact) mass is 247 g/mol. The van der Waals surface area contributed by atoms with Gasteiger partial charge >= 0.3 is 0 Å². The second kappa shape index (κ2) is 5.87. The van der Waals surface area contributed by atoms with Crippen LogP contribution in [0, 0.1) is 0 Å². The largest absolute Gasteiger partial charge is 0.378 e. The van der Waals surface area contributed by atoms with Crippen LogP contribution < -0.4 is 5.73 Å². The van der Waals surface area contributed by atoms with Gasteiger partial charge in [0.25, 0.3) is 0 Å².